The van der Waals surface area contributed by atoms with E-state index in [1.807, 2.05) is 24.4 Å². The number of nitrogen functional groups attached to an aromatic ring is 1. The Morgan fingerprint density at radius 3 is 2.75 bits per heavy atom. The topological polar surface area (TPSA) is 87.6 Å². The molecule has 0 fully saturated rings. The van der Waals surface area contributed by atoms with Crippen LogP contribution in [0.5, 0.6) is 11.6 Å². The Morgan fingerprint density at radius 2 is 2.00 bits per heavy atom. The number of anilines is 1. The van der Waals surface area contributed by atoms with Gasteiger partial charge in [0.2, 0.25) is 5.95 Å². The zero-order valence-electron chi connectivity index (χ0n) is 11.1. The summed E-state index contributed by atoms with van der Waals surface area (Å²) < 4.78 is 12.0. The number of ether oxygens (including phenoxy) is 2. The van der Waals surface area contributed by atoms with Gasteiger partial charge in [0.15, 0.2) is 11.4 Å². The summed E-state index contributed by atoms with van der Waals surface area (Å²) in [4.78, 5) is 8.29. The van der Waals surface area contributed by atoms with Gasteiger partial charge in [-0.1, -0.05) is 0 Å². The van der Waals surface area contributed by atoms with Crippen molar-refractivity contribution in [2.75, 3.05) is 20.0 Å². The summed E-state index contributed by atoms with van der Waals surface area (Å²) in [7, 11) is 3.12. The van der Waals surface area contributed by atoms with Gasteiger partial charge < -0.3 is 15.2 Å². The van der Waals surface area contributed by atoms with Crippen molar-refractivity contribution in [3.63, 3.8) is 0 Å². The number of nitrogens with two attached hydrogens (primary N) is 1. The van der Waals surface area contributed by atoms with Crippen molar-refractivity contribution in [1.29, 1.82) is 0 Å². The molecule has 0 aromatic carbocycles. The molecule has 0 unspecified atom stereocenters. The second-order valence-corrected chi connectivity index (χ2v) is 4.13. The highest BCUT2D eigenvalue weighted by Crippen LogP contribution is 2.29. The molecular formula is C13H13N5O2. The van der Waals surface area contributed by atoms with Gasteiger partial charge in [0.1, 0.15) is 0 Å². The molecule has 0 aliphatic heterocycles. The van der Waals surface area contributed by atoms with Gasteiger partial charge in [0, 0.05) is 23.5 Å². The number of rotatable bonds is 3. The molecule has 0 saturated carbocycles. The van der Waals surface area contributed by atoms with Crippen molar-refractivity contribution >= 4 is 11.6 Å². The predicted octanol–water partition coefficient (Wildman–Crippen LogP) is 1.39. The maximum atomic E-state index is 5.57. The zero-order valence-corrected chi connectivity index (χ0v) is 11.1. The van der Waals surface area contributed by atoms with Crippen LogP contribution in [0.2, 0.25) is 0 Å². The summed E-state index contributed by atoms with van der Waals surface area (Å²) in [6.07, 6.45) is 3.55. The third kappa shape index (κ3) is 1.99. The Morgan fingerprint density at radius 1 is 1.15 bits per heavy atom. The molecule has 7 nitrogen and oxygen atoms in total. The molecule has 102 valence electrons. The maximum Gasteiger partial charge on any atom is 0.256 e. The molecule has 20 heavy (non-hydrogen) atoms. The third-order valence-corrected chi connectivity index (χ3v) is 2.91. The number of aromatic nitrogens is 4. The van der Waals surface area contributed by atoms with Gasteiger partial charge in [0.05, 0.1) is 14.2 Å². The Balaban J connectivity index is 2.09. The van der Waals surface area contributed by atoms with E-state index in [4.69, 9.17) is 15.2 Å². The van der Waals surface area contributed by atoms with Crippen molar-refractivity contribution in [3.05, 3.63) is 30.6 Å². The van der Waals surface area contributed by atoms with Crippen LogP contribution in [0.4, 0.5) is 5.95 Å². The average molecular weight is 271 g/mol. The summed E-state index contributed by atoms with van der Waals surface area (Å²) >= 11 is 0. The summed E-state index contributed by atoms with van der Waals surface area (Å²) in [5.74, 6) is 1.26. The molecule has 0 aliphatic rings. The summed E-state index contributed by atoms with van der Waals surface area (Å²) in [6, 6.07) is 5.62. The molecular weight excluding hydrogens is 258 g/mol. The van der Waals surface area contributed by atoms with Gasteiger partial charge in [-0.2, -0.15) is 4.98 Å². The average Bonchev–Trinajstić information content (AvgIpc) is 2.85. The van der Waals surface area contributed by atoms with E-state index in [0.717, 1.165) is 11.1 Å². The van der Waals surface area contributed by atoms with Crippen LogP contribution in [0.3, 0.4) is 0 Å². The van der Waals surface area contributed by atoms with Crippen LogP contribution >= 0.6 is 0 Å². The lowest BCUT2D eigenvalue weighted by molar-refractivity contribution is 0.343. The van der Waals surface area contributed by atoms with Gasteiger partial charge in [-0.25, -0.2) is 9.50 Å². The predicted molar refractivity (Wildman–Crippen MR) is 73.7 cm³/mol. The second kappa shape index (κ2) is 4.69. The van der Waals surface area contributed by atoms with Crippen LogP contribution in [0.15, 0.2) is 30.6 Å². The molecule has 3 aromatic heterocycles. The quantitative estimate of drug-likeness (QED) is 0.774. The van der Waals surface area contributed by atoms with Crippen LogP contribution < -0.4 is 15.2 Å². The third-order valence-electron chi connectivity index (χ3n) is 2.91. The van der Waals surface area contributed by atoms with E-state index < -0.39 is 0 Å². The van der Waals surface area contributed by atoms with Crippen LogP contribution in [0, 0.1) is 0 Å². The van der Waals surface area contributed by atoms with Crippen LogP contribution in [-0.4, -0.2) is 33.8 Å². The lowest BCUT2D eigenvalue weighted by Crippen LogP contribution is -1.95. The lowest BCUT2D eigenvalue weighted by atomic mass is 10.1. The van der Waals surface area contributed by atoms with Crippen molar-refractivity contribution in [2.45, 2.75) is 0 Å². The second-order valence-electron chi connectivity index (χ2n) is 4.13. The molecule has 3 aromatic rings. The molecule has 3 heterocycles. The molecule has 0 atom stereocenters. The number of methoxy groups -OCH3 is 2. The molecule has 0 saturated heterocycles. The van der Waals surface area contributed by atoms with Gasteiger partial charge in [-0.05, 0) is 18.2 Å². The van der Waals surface area contributed by atoms with Gasteiger partial charge >= 0.3 is 0 Å². The van der Waals surface area contributed by atoms with Crippen molar-refractivity contribution < 1.29 is 9.47 Å². The van der Waals surface area contributed by atoms with Crippen LogP contribution in [-0.2, 0) is 0 Å². The van der Waals surface area contributed by atoms with Crippen molar-refractivity contribution in [3.8, 4) is 22.8 Å². The number of hydrogen-bond donors (Lipinski definition) is 1. The standard InChI is InChI=1S/C13H13N5O2/c1-19-10-5-9(6-15-12(10)20-2)8-3-4-11-16-13(14)17-18(11)7-8/h3-7H,1-2H3,(H2,14,17). The number of pyridine rings is 2. The number of fused-ring (bicyclic) bond motifs is 1. The van der Waals surface area contributed by atoms with Crippen LogP contribution in [0.25, 0.3) is 16.8 Å². The normalized spacial score (nSPS) is 10.7. The molecule has 2 N–H and O–H groups in total. The van der Waals surface area contributed by atoms with E-state index in [9.17, 15) is 0 Å². The van der Waals surface area contributed by atoms with Gasteiger partial charge in [-0.15, -0.1) is 5.10 Å². The minimum Gasteiger partial charge on any atom is -0.491 e. The summed E-state index contributed by atoms with van der Waals surface area (Å²) in [5.41, 5.74) is 8.08. The maximum absolute atomic E-state index is 5.57. The molecule has 0 spiro atoms. The Labute approximate surface area is 115 Å². The first-order valence-corrected chi connectivity index (χ1v) is 5.91. The molecule has 0 amide bonds. The van der Waals surface area contributed by atoms with Crippen LogP contribution in [0.1, 0.15) is 0 Å². The Bertz CT molecular complexity index is 769. The van der Waals surface area contributed by atoms with E-state index in [1.165, 1.54) is 0 Å². The van der Waals surface area contributed by atoms with Gasteiger partial charge in [0.25, 0.3) is 5.88 Å². The van der Waals surface area contributed by atoms with Crippen molar-refractivity contribution in [1.82, 2.24) is 19.6 Å². The first-order chi connectivity index (χ1) is 9.71. The molecule has 0 aliphatic carbocycles. The Kier molecular flexibility index (Phi) is 2.86. The molecule has 7 heteroatoms. The Hall–Kier alpha value is -2.83. The number of nitrogens with zero attached hydrogens (tertiary/aromatic N) is 4. The zero-order chi connectivity index (χ0) is 14.1. The summed E-state index contributed by atoms with van der Waals surface area (Å²) in [5, 5.41) is 4.08. The largest absolute Gasteiger partial charge is 0.491 e. The highest BCUT2D eigenvalue weighted by Gasteiger charge is 2.09. The fourth-order valence-corrected chi connectivity index (χ4v) is 1.96. The van der Waals surface area contributed by atoms with E-state index in [-0.39, 0.29) is 5.95 Å². The minimum absolute atomic E-state index is 0.243. The lowest BCUT2D eigenvalue weighted by Gasteiger charge is -2.08. The molecule has 0 radical (unpaired) electrons. The first kappa shape index (κ1) is 12.2. The van der Waals surface area contributed by atoms with E-state index in [2.05, 4.69) is 15.1 Å². The summed E-state index contributed by atoms with van der Waals surface area (Å²) in [6.45, 7) is 0. The smallest absolute Gasteiger partial charge is 0.256 e. The fourth-order valence-electron chi connectivity index (χ4n) is 1.96. The van der Waals surface area contributed by atoms with Gasteiger partial charge in [-0.3, -0.25) is 0 Å². The first-order valence-electron chi connectivity index (χ1n) is 5.91. The highest BCUT2D eigenvalue weighted by atomic mass is 16.5. The van der Waals surface area contributed by atoms with E-state index in [1.54, 1.807) is 24.9 Å². The van der Waals surface area contributed by atoms with Crippen molar-refractivity contribution in [2.24, 2.45) is 0 Å². The fraction of sp³-hybridized carbons (Fsp3) is 0.154. The molecule has 3 rings (SSSR count). The van der Waals surface area contributed by atoms with E-state index in [0.29, 0.717) is 17.3 Å². The SMILES string of the molecule is COc1cc(-c2ccc3nc(N)nn3c2)cnc1OC. The highest BCUT2D eigenvalue weighted by molar-refractivity contribution is 5.66. The monoisotopic (exact) mass is 271 g/mol. The van der Waals surface area contributed by atoms with E-state index >= 15 is 0 Å². The molecule has 0 bridgehead atoms. The minimum atomic E-state index is 0.243. The number of hydrogen-bond acceptors (Lipinski definition) is 6.